The van der Waals surface area contributed by atoms with Crippen molar-refractivity contribution in [3.8, 4) is 17.0 Å². The zero-order valence-electron chi connectivity index (χ0n) is 27.9. The minimum Gasteiger partial charge on any atom is -0.497 e. The Hall–Kier alpha value is -4.79. The third-order valence-corrected chi connectivity index (χ3v) is 12.1. The predicted molar refractivity (Wildman–Crippen MR) is 185 cm³/mol. The maximum Gasteiger partial charge on any atom is 0.410 e. The lowest BCUT2D eigenvalue weighted by Crippen LogP contribution is -2.72. The molecule has 2 saturated carbocycles. The van der Waals surface area contributed by atoms with Gasteiger partial charge in [-0.3, -0.25) is 9.59 Å². The molecule has 1 aromatic heterocycles. The van der Waals surface area contributed by atoms with Crippen LogP contribution in [-0.4, -0.2) is 64.6 Å². The van der Waals surface area contributed by atoms with E-state index in [1.165, 1.54) is 36.1 Å². The van der Waals surface area contributed by atoms with E-state index in [1.54, 1.807) is 12.0 Å². The second-order valence-corrected chi connectivity index (χ2v) is 14.8. The van der Waals surface area contributed by atoms with E-state index in [0.717, 1.165) is 53.5 Å². The number of methoxy groups -OCH3 is 1. The summed E-state index contributed by atoms with van der Waals surface area (Å²) in [4.78, 5) is 44.3. The average molecular weight is 659 g/mol. The molecule has 5 fully saturated rings. The summed E-state index contributed by atoms with van der Waals surface area (Å²) < 4.78 is 13.7. The zero-order valence-corrected chi connectivity index (χ0v) is 27.9. The molecule has 2 aliphatic carbocycles. The number of primary amides is 1. The van der Waals surface area contributed by atoms with E-state index in [0.29, 0.717) is 31.1 Å². The van der Waals surface area contributed by atoms with Crippen LogP contribution in [0.1, 0.15) is 83.8 Å². The first-order chi connectivity index (χ1) is 23.9. The van der Waals surface area contributed by atoms with Gasteiger partial charge in [-0.15, -0.1) is 0 Å². The molecule has 0 radical (unpaired) electrons. The molecule has 4 aliphatic heterocycles. The molecule has 10 rings (SSSR count). The molecule has 3 saturated heterocycles. The van der Waals surface area contributed by atoms with Crippen molar-refractivity contribution in [3.05, 3.63) is 89.0 Å². The Morgan fingerprint density at radius 1 is 0.939 bits per heavy atom. The Balaban J connectivity index is 1.08. The average Bonchev–Trinajstić information content (AvgIpc) is 3.81. The van der Waals surface area contributed by atoms with E-state index in [9.17, 15) is 14.4 Å². The van der Waals surface area contributed by atoms with Crippen LogP contribution in [0.5, 0.6) is 5.75 Å². The van der Waals surface area contributed by atoms with Crippen molar-refractivity contribution in [2.45, 2.75) is 82.0 Å². The molecule has 0 spiro atoms. The summed E-state index contributed by atoms with van der Waals surface area (Å²) in [5, 5.41) is 1.15. The van der Waals surface area contributed by atoms with Gasteiger partial charge in [0.2, 0.25) is 11.8 Å². The molecule has 3 aromatic carbocycles. The van der Waals surface area contributed by atoms with Crippen LogP contribution in [0.15, 0.2) is 66.7 Å². The second kappa shape index (κ2) is 11.4. The number of benzene rings is 3. The van der Waals surface area contributed by atoms with Crippen LogP contribution < -0.4 is 10.5 Å². The number of piperazine rings is 1. The van der Waals surface area contributed by atoms with E-state index in [2.05, 4.69) is 27.7 Å². The van der Waals surface area contributed by atoms with E-state index in [4.69, 9.17) is 15.2 Å². The van der Waals surface area contributed by atoms with Crippen molar-refractivity contribution in [3.63, 3.8) is 0 Å². The predicted octanol–water partition coefficient (Wildman–Crippen LogP) is 6.57. The van der Waals surface area contributed by atoms with Crippen LogP contribution in [0.25, 0.3) is 22.2 Å². The van der Waals surface area contributed by atoms with Crippen LogP contribution in [-0.2, 0) is 22.7 Å². The van der Waals surface area contributed by atoms with Crippen LogP contribution in [0, 0.1) is 5.41 Å². The number of amides is 3. The number of fused-ring (bicyclic) bond motifs is 9. The van der Waals surface area contributed by atoms with Crippen molar-refractivity contribution < 1.29 is 23.9 Å². The summed E-state index contributed by atoms with van der Waals surface area (Å²) in [5.74, 6) is 0.963. The topological polar surface area (TPSA) is 107 Å². The van der Waals surface area contributed by atoms with E-state index in [-0.39, 0.29) is 36.6 Å². The lowest BCUT2D eigenvalue weighted by atomic mass is 9.81. The number of piperidine rings is 1. The number of aromatic nitrogens is 1. The number of hydrogen-bond donors (Lipinski definition) is 1. The van der Waals surface area contributed by atoms with Crippen LogP contribution >= 0.6 is 0 Å². The Kier molecular flexibility index (Phi) is 7.04. The van der Waals surface area contributed by atoms with Crippen LogP contribution in [0.2, 0.25) is 0 Å². The van der Waals surface area contributed by atoms with Gasteiger partial charge in [-0.2, -0.15) is 0 Å². The summed E-state index contributed by atoms with van der Waals surface area (Å²) in [6.45, 7) is 1.72. The maximum atomic E-state index is 15.0. The molecule has 4 aromatic rings. The smallest absolute Gasteiger partial charge is 0.410 e. The summed E-state index contributed by atoms with van der Waals surface area (Å²) in [5.41, 5.74) is 12.4. The molecule has 2 bridgehead atoms. The molecule has 6 aliphatic rings. The number of nitrogens with two attached hydrogens (primary N) is 1. The Morgan fingerprint density at radius 2 is 1.71 bits per heavy atom. The summed E-state index contributed by atoms with van der Waals surface area (Å²) in [6.07, 6.45) is 7.23. The number of rotatable bonds is 6. The Morgan fingerprint density at radius 3 is 2.45 bits per heavy atom. The Bertz CT molecular complexity index is 1990. The van der Waals surface area contributed by atoms with Gasteiger partial charge in [0.15, 0.2) is 0 Å². The van der Waals surface area contributed by atoms with Crippen molar-refractivity contribution in [1.82, 2.24) is 14.4 Å². The van der Waals surface area contributed by atoms with Gasteiger partial charge >= 0.3 is 6.09 Å². The van der Waals surface area contributed by atoms with E-state index >= 15 is 0 Å². The lowest BCUT2D eigenvalue weighted by molar-refractivity contribution is -0.159. The standard InChI is InChI=1S/C40H42N4O5/c1-48-29-13-15-30-32(18-29)33-19-40(33,38(46)44-27-17-28(44)21-42(20-27)39(47)49-22-24-8-4-2-5-9-24)23-43-34-16-26(37(41)45)12-14-31(34)35(36(30)43)25-10-6-3-7-11-25/h2,4-5,8-9,12-16,18,25,27-28,33H,3,6-7,10-11,17,19-23H2,1H3,(H2,41,45)/t27-,28-,33?,40?/m0/s1. The van der Waals surface area contributed by atoms with E-state index in [1.807, 2.05) is 48.5 Å². The first-order valence-electron chi connectivity index (χ1n) is 17.8. The van der Waals surface area contributed by atoms with Gasteiger partial charge in [-0.25, -0.2) is 4.79 Å². The minimum absolute atomic E-state index is 0.0284. The molecule has 9 heteroatoms. The molecule has 5 heterocycles. The van der Waals surface area contributed by atoms with Gasteiger partial charge in [-0.05, 0) is 78.6 Å². The highest BCUT2D eigenvalue weighted by molar-refractivity contribution is 6.01. The van der Waals surface area contributed by atoms with Crippen molar-refractivity contribution in [2.24, 2.45) is 11.1 Å². The first kappa shape index (κ1) is 30.3. The highest BCUT2D eigenvalue weighted by Gasteiger charge is 2.66. The summed E-state index contributed by atoms with van der Waals surface area (Å²) in [6, 6.07) is 21.9. The highest BCUT2D eigenvalue weighted by Crippen LogP contribution is 2.67. The monoisotopic (exact) mass is 658 g/mol. The van der Waals surface area contributed by atoms with Crippen molar-refractivity contribution >= 4 is 28.8 Å². The maximum absolute atomic E-state index is 15.0. The number of ether oxygens (including phenoxy) is 2. The number of nitrogens with zero attached hydrogens (tertiary/aromatic N) is 3. The third-order valence-electron chi connectivity index (χ3n) is 12.1. The number of hydrogen-bond acceptors (Lipinski definition) is 5. The second-order valence-electron chi connectivity index (χ2n) is 14.8. The summed E-state index contributed by atoms with van der Waals surface area (Å²) in [7, 11) is 1.69. The van der Waals surface area contributed by atoms with Crippen LogP contribution in [0.3, 0.4) is 0 Å². The third kappa shape index (κ3) is 4.76. The largest absolute Gasteiger partial charge is 0.497 e. The highest BCUT2D eigenvalue weighted by atomic mass is 16.6. The molecule has 3 amide bonds. The van der Waals surface area contributed by atoms with Gasteiger partial charge in [0.05, 0.1) is 30.3 Å². The van der Waals surface area contributed by atoms with Crippen molar-refractivity contribution in [2.75, 3.05) is 20.2 Å². The minimum atomic E-state index is -0.627. The first-order valence-corrected chi connectivity index (χ1v) is 17.8. The molecule has 2 unspecified atom stereocenters. The molecule has 4 atom stereocenters. The number of carbonyl (C=O) groups excluding carboxylic acids is 3. The van der Waals surface area contributed by atoms with Crippen molar-refractivity contribution in [1.29, 1.82) is 0 Å². The van der Waals surface area contributed by atoms with E-state index < -0.39 is 11.3 Å². The Labute approximate surface area is 285 Å². The SMILES string of the molecule is COc1ccc2c(c1)C1CC1(C(=O)N1[C@H]3C[C@H]1CN(C(=O)OCc1ccccc1)C3)Cn1c-2c(C2CCCCC2)c2ccc(C(N)=O)cc21. The fraction of sp³-hybridized carbons (Fsp3) is 0.425. The molecule has 49 heavy (non-hydrogen) atoms. The van der Waals surface area contributed by atoms with Crippen LogP contribution in [0.4, 0.5) is 4.79 Å². The fourth-order valence-electron chi connectivity index (χ4n) is 9.59. The van der Waals surface area contributed by atoms with Gasteiger partial charge in [0.1, 0.15) is 12.4 Å². The van der Waals surface area contributed by atoms with Gasteiger partial charge in [-0.1, -0.05) is 55.7 Å². The molecule has 9 nitrogen and oxygen atoms in total. The van der Waals surface area contributed by atoms with Gasteiger partial charge in [0.25, 0.3) is 0 Å². The normalized spacial score (nSPS) is 25.4. The molecular weight excluding hydrogens is 616 g/mol. The molecule has 2 N–H and O–H groups in total. The summed E-state index contributed by atoms with van der Waals surface area (Å²) >= 11 is 0. The lowest BCUT2D eigenvalue weighted by Gasteiger charge is -2.56. The fourth-order valence-corrected chi connectivity index (χ4v) is 9.59. The number of carbonyl (C=O) groups is 3. The van der Waals surface area contributed by atoms with Gasteiger partial charge in [0, 0.05) is 47.6 Å². The molecule has 252 valence electrons. The zero-order chi connectivity index (χ0) is 33.4. The van der Waals surface area contributed by atoms with Gasteiger partial charge < -0.3 is 29.6 Å². The quantitative estimate of drug-likeness (QED) is 0.252. The molecular formula is C40H42N4O5.